The molecule has 2 bridgehead atoms. The van der Waals surface area contributed by atoms with Gasteiger partial charge >= 0.3 is 0 Å². The number of imide groups is 1. The normalized spacial score (nSPS) is 30.8. The van der Waals surface area contributed by atoms with E-state index in [9.17, 15) is 9.59 Å². The topological polar surface area (TPSA) is 37.4 Å². The molecule has 0 radical (unpaired) electrons. The van der Waals surface area contributed by atoms with Crippen LogP contribution in [0, 0.1) is 11.8 Å². The van der Waals surface area contributed by atoms with Gasteiger partial charge in [0.1, 0.15) is 0 Å². The number of anilines is 1. The predicted molar refractivity (Wildman–Crippen MR) is 119 cm³/mol. The van der Waals surface area contributed by atoms with Gasteiger partial charge in [-0.05, 0) is 40.5 Å². The molecule has 3 aliphatic carbocycles. The smallest absolute Gasteiger partial charge is 0.238 e. The Morgan fingerprint density at radius 2 is 1.13 bits per heavy atom. The van der Waals surface area contributed by atoms with E-state index in [1.165, 1.54) is 27.2 Å². The van der Waals surface area contributed by atoms with Crippen molar-refractivity contribution in [2.24, 2.45) is 11.8 Å². The molecule has 148 valence electrons. The highest BCUT2D eigenvalue weighted by atomic mass is 79.9. The molecule has 7 rings (SSSR count). The number of carbonyl (C=O) groups is 2. The predicted octanol–water partition coefficient (Wildman–Crippen LogP) is 5.19. The van der Waals surface area contributed by atoms with Gasteiger partial charge in [-0.15, -0.1) is 0 Å². The second-order valence-electron chi connectivity index (χ2n) is 8.94. The highest BCUT2D eigenvalue weighted by molar-refractivity contribution is 9.10. The number of amides is 2. The molecule has 0 spiro atoms. The third-order valence-corrected chi connectivity index (χ3v) is 8.20. The third-order valence-electron chi connectivity index (χ3n) is 7.71. The summed E-state index contributed by atoms with van der Waals surface area (Å²) in [4.78, 5) is 29.2. The lowest BCUT2D eigenvalue weighted by molar-refractivity contribution is -0.124. The molecule has 1 fully saturated rings. The lowest BCUT2D eigenvalue weighted by Gasteiger charge is -2.57. The summed E-state index contributed by atoms with van der Waals surface area (Å²) >= 11 is 3.48. The van der Waals surface area contributed by atoms with Gasteiger partial charge in [-0.1, -0.05) is 84.4 Å². The van der Waals surface area contributed by atoms with Crippen LogP contribution in [-0.2, 0) is 20.4 Å². The van der Waals surface area contributed by atoms with Gasteiger partial charge in [0.15, 0.2) is 0 Å². The summed E-state index contributed by atoms with van der Waals surface area (Å²) < 4.78 is 0.849. The molecule has 1 saturated heterocycles. The van der Waals surface area contributed by atoms with Crippen LogP contribution in [0.4, 0.5) is 5.69 Å². The number of benzene rings is 3. The first-order chi connectivity index (χ1) is 14.4. The Labute approximate surface area is 183 Å². The SMILES string of the molecule is CC12c3ccccc3C(C)(c3ccccc31)[C@@H]1C(=O)N(c3cccc(Br)c3)C(=O)[C@H]12. The Bertz CT molecular complexity index is 1140. The molecule has 2 atom stereocenters. The van der Waals surface area contributed by atoms with E-state index in [2.05, 4.69) is 54.0 Å². The van der Waals surface area contributed by atoms with Gasteiger partial charge in [-0.3, -0.25) is 9.59 Å². The molecule has 0 unspecified atom stereocenters. The van der Waals surface area contributed by atoms with E-state index in [4.69, 9.17) is 0 Å². The first kappa shape index (κ1) is 18.1. The average molecular weight is 458 g/mol. The summed E-state index contributed by atoms with van der Waals surface area (Å²) in [6.07, 6.45) is 0. The van der Waals surface area contributed by atoms with Gasteiger partial charge in [-0.2, -0.15) is 0 Å². The van der Waals surface area contributed by atoms with Crippen molar-refractivity contribution in [3.05, 3.63) is 99.5 Å². The van der Waals surface area contributed by atoms with Gasteiger partial charge in [-0.25, -0.2) is 4.90 Å². The second-order valence-corrected chi connectivity index (χ2v) is 9.86. The number of halogens is 1. The molecule has 3 aromatic rings. The van der Waals surface area contributed by atoms with Crippen LogP contribution in [0.2, 0.25) is 0 Å². The molecule has 4 heteroatoms. The Morgan fingerprint density at radius 3 is 1.53 bits per heavy atom. The van der Waals surface area contributed by atoms with Crippen molar-refractivity contribution in [3.63, 3.8) is 0 Å². The largest absolute Gasteiger partial charge is 0.274 e. The molecule has 0 N–H and O–H groups in total. The number of rotatable bonds is 1. The number of nitrogens with zero attached hydrogens (tertiary/aromatic N) is 1. The van der Waals surface area contributed by atoms with Crippen LogP contribution in [0.25, 0.3) is 0 Å². The highest BCUT2D eigenvalue weighted by Crippen LogP contribution is 2.66. The van der Waals surface area contributed by atoms with E-state index in [0.717, 1.165) is 4.47 Å². The zero-order valence-electron chi connectivity index (χ0n) is 16.7. The second kappa shape index (κ2) is 5.70. The lowest BCUT2D eigenvalue weighted by Crippen LogP contribution is -2.59. The minimum absolute atomic E-state index is 0.0965. The molecule has 30 heavy (non-hydrogen) atoms. The number of hydrogen-bond acceptors (Lipinski definition) is 2. The van der Waals surface area contributed by atoms with Gasteiger partial charge in [0, 0.05) is 15.3 Å². The lowest BCUT2D eigenvalue weighted by atomic mass is 9.42. The van der Waals surface area contributed by atoms with E-state index in [-0.39, 0.29) is 11.8 Å². The van der Waals surface area contributed by atoms with Crippen molar-refractivity contribution < 1.29 is 9.59 Å². The van der Waals surface area contributed by atoms with Crippen molar-refractivity contribution in [2.45, 2.75) is 24.7 Å². The molecule has 0 saturated carbocycles. The summed E-state index contributed by atoms with van der Waals surface area (Å²) in [5.41, 5.74) is 4.24. The number of carbonyl (C=O) groups excluding carboxylic acids is 2. The fourth-order valence-corrected chi connectivity index (χ4v) is 6.83. The van der Waals surface area contributed by atoms with Crippen LogP contribution < -0.4 is 4.90 Å². The minimum atomic E-state index is -0.539. The standard InChI is InChI=1S/C26H20BrNO2/c1-25-17-10-3-5-12-19(17)26(2,20-13-6-4-11-18(20)25)22-21(25)23(29)28(24(22)30)16-9-7-8-15(27)14-16/h3-14,21-22H,1-2H3/t21-,22-,25?,26?/m0/s1. The fraction of sp³-hybridized carbons (Fsp3) is 0.231. The Balaban J connectivity index is 1.67. The molecule has 2 amide bonds. The van der Waals surface area contributed by atoms with Crippen LogP contribution >= 0.6 is 15.9 Å². The van der Waals surface area contributed by atoms with Crippen molar-refractivity contribution in [1.82, 2.24) is 0 Å². The number of hydrogen-bond donors (Lipinski definition) is 0. The van der Waals surface area contributed by atoms with E-state index >= 15 is 0 Å². The van der Waals surface area contributed by atoms with Crippen molar-refractivity contribution >= 4 is 33.4 Å². The Kier molecular flexibility index (Phi) is 3.44. The molecule has 1 heterocycles. The van der Waals surface area contributed by atoms with Crippen molar-refractivity contribution in [1.29, 1.82) is 0 Å². The maximum absolute atomic E-state index is 13.9. The summed E-state index contributed by atoms with van der Waals surface area (Å²) in [7, 11) is 0. The molecule has 4 aliphatic rings. The average Bonchev–Trinajstić information content (AvgIpc) is 3.03. The summed E-state index contributed by atoms with van der Waals surface area (Å²) in [5, 5.41) is 0. The van der Waals surface area contributed by atoms with Gasteiger partial charge in [0.2, 0.25) is 11.8 Å². The van der Waals surface area contributed by atoms with Crippen LogP contribution in [0.15, 0.2) is 77.3 Å². The van der Waals surface area contributed by atoms with Crippen LogP contribution in [0.3, 0.4) is 0 Å². The van der Waals surface area contributed by atoms with E-state index < -0.39 is 22.7 Å². The van der Waals surface area contributed by atoms with E-state index in [1.807, 2.05) is 48.5 Å². The highest BCUT2D eigenvalue weighted by Gasteiger charge is 2.70. The maximum Gasteiger partial charge on any atom is 0.238 e. The van der Waals surface area contributed by atoms with E-state index in [0.29, 0.717) is 5.69 Å². The van der Waals surface area contributed by atoms with Gasteiger partial charge in [0.05, 0.1) is 17.5 Å². The van der Waals surface area contributed by atoms with Crippen molar-refractivity contribution in [2.75, 3.05) is 4.90 Å². The fourth-order valence-electron chi connectivity index (χ4n) is 6.44. The Hall–Kier alpha value is -2.72. The minimum Gasteiger partial charge on any atom is -0.274 e. The summed E-state index contributed by atoms with van der Waals surface area (Å²) in [6, 6.07) is 24.2. The van der Waals surface area contributed by atoms with Gasteiger partial charge in [0.25, 0.3) is 0 Å². The summed E-state index contributed by atoms with van der Waals surface area (Å²) in [5.74, 6) is -1.03. The van der Waals surface area contributed by atoms with Crippen molar-refractivity contribution in [3.8, 4) is 0 Å². The zero-order valence-corrected chi connectivity index (χ0v) is 18.3. The molecule has 3 nitrogen and oxygen atoms in total. The first-order valence-corrected chi connectivity index (χ1v) is 11.0. The molecule has 1 aliphatic heterocycles. The van der Waals surface area contributed by atoms with Gasteiger partial charge < -0.3 is 0 Å². The van der Waals surface area contributed by atoms with Crippen LogP contribution in [-0.4, -0.2) is 11.8 Å². The van der Waals surface area contributed by atoms with E-state index in [1.54, 1.807) is 0 Å². The summed E-state index contributed by atoms with van der Waals surface area (Å²) in [6.45, 7) is 4.30. The molecular weight excluding hydrogens is 438 g/mol. The monoisotopic (exact) mass is 457 g/mol. The molecular formula is C26H20BrNO2. The zero-order chi connectivity index (χ0) is 20.8. The molecule has 3 aromatic carbocycles. The quantitative estimate of drug-likeness (QED) is 0.471. The molecule has 0 aromatic heterocycles. The Morgan fingerprint density at radius 1 is 0.700 bits per heavy atom. The third kappa shape index (κ3) is 1.87. The van der Waals surface area contributed by atoms with Crippen LogP contribution in [0.1, 0.15) is 36.1 Å². The first-order valence-electron chi connectivity index (χ1n) is 10.2. The maximum atomic E-state index is 13.9. The van der Waals surface area contributed by atoms with Crippen LogP contribution in [0.5, 0.6) is 0 Å².